The van der Waals surface area contributed by atoms with Gasteiger partial charge in [0, 0.05) is 58.5 Å². The lowest BCUT2D eigenvalue weighted by atomic mass is 9.99. The fourth-order valence-electron chi connectivity index (χ4n) is 7.90. The third-order valence-electron chi connectivity index (χ3n) is 10.2. The van der Waals surface area contributed by atoms with Crippen LogP contribution >= 0.6 is 11.3 Å². The van der Waals surface area contributed by atoms with E-state index < -0.39 is 0 Å². The van der Waals surface area contributed by atoms with E-state index in [0.29, 0.717) is 0 Å². The molecule has 0 saturated carbocycles. The fourth-order valence-corrected chi connectivity index (χ4v) is 9.16. The molecule has 51 heavy (non-hydrogen) atoms. The summed E-state index contributed by atoms with van der Waals surface area (Å²) in [5.74, 6) is 0. The number of thiophene rings is 1. The molecule has 4 aromatic heterocycles. The number of para-hydroxylation sites is 2. The predicted molar refractivity (Wildman–Crippen MR) is 215 cm³/mol. The van der Waals surface area contributed by atoms with Crippen molar-refractivity contribution in [1.29, 1.82) is 0 Å². The second-order valence-electron chi connectivity index (χ2n) is 13.1. The molecule has 0 unspecified atom stereocenters. The second-order valence-corrected chi connectivity index (χ2v) is 14.1. The molecule has 0 radical (unpaired) electrons. The van der Waals surface area contributed by atoms with Gasteiger partial charge in [0.15, 0.2) is 5.58 Å². The molecule has 238 valence electrons. The first-order chi connectivity index (χ1) is 25.3. The number of nitrogens with zero attached hydrogens (tertiary/aromatic N) is 2. The van der Waals surface area contributed by atoms with Gasteiger partial charge in [-0.15, -0.1) is 11.3 Å². The van der Waals surface area contributed by atoms with E-state index in [0.717, 1.165) is 66.9 Å². The Morgan fingerprint density at radius 1 is 0.471 bits per heavy atom. The highest BCUT2D eigenvalue weighted by atomic mass is 32.1. The minimum absolute atomic E-state index is 0.909. The van der Waals surface area contributed by atoms with Gasteiger partial charge < -0.3 is 8.98 Å². The molecular weight excluding hydrogens is 641 g/mol. The Bertz CT molecular complexity index is 3060. The fraction of sp³-hybridized carbons (Fsp3) is 0. The summed E-state index contributed by atoms with van der Waals surface area (Å²) in [6, 6.07) is 60.3. The Morgan fingerprint density at radius 2 is 1.08 bits per heavy atom. The van der Waals surface area contributed by atoms with Gasteiger partial charge in [0.05, 0.1) is 22.4 Å². The van der Waals surface area contributed by atoms with Crippen LogP contribution in [0.5, 0.6) is 0 Å². The van der Waals surface area contributed by atoms with Crippen LogP contribution in [-0.4, -0.2) is 9.55 Å². The van der Waals surface area contributed by atoms with E-state index in [1.165, 1.54) is 36.3 Å². The second kappa shape index (κ2) is 11.0. The van der Waals surface area contributed by atoms with Gasteiger partial charge in [-0.25, -0.2) is 4.98 Å². The summed E-state index contributed by atoms with van der Waals surface area (Å²) in [6.45, 7) is 0. The molecular formula is C47H28N2OS. The maximum absolute atomic E-state index is 6.84. The van der Waals surface area contributed by atoms with Crippen molar-refractivity contribution in [2.24, 2.45) is 0 Å². The summed E-state index contributed by atoms with van der Waals surface area (Å²) in [6.07, 6.45) is 0. The first-order valence-corrected chi connectivity index (χ1v) is 18.0. The SMILES string of the molecule is c1ccc(-c2cc(-c3ccc(-n4c5ccccc5c5c6c7ccccc7sc6c6c7ccccc7oc6c54)cc3)cc(-c3ccccc3)n2)cc1. The molecule has 7 aromatic carbocycles. The standard InChI is InChI=1S/C47H28N2OS/c1-3-13-30(14-4-1)37-27-32(28-38(48-37)31-15-5-2-6-16-31)29-23-25-33(26-24-29)49-39-20-10-7-17-34(39)42-43-36-19-9-12-22-41(36)51-47(43)44-35-18-8-11-21-40(35)50-46(44)45(42)49/h1-28H. The van der Waals surface area contributed by atoms with E-state index in [1.54, 1.807) is 0 Å². The van der Waals surface area contributed by atoms with Gasteiger partial charge in [-0.3, -0.25) is 0 Å². The van der Waals surface area contributed by atoms with Crippen LogP contribution in [-0.2, 0) is 0 Å². The van der Waals surface area contributed by atoms with Crippen molar-refractivity contribution in [3.63, 3.8) is 0 Å². The van der Waals surface area contributed by atoms with Gasteiger partial charge in [0.1, 0.15) is 5.58 Å². The zero-order valence-corrected chi connectivity index (χ0v) is 28.2. The number of furan rings is 1. The topological polar surface area (TPSA) is 31.0 Å². The zero-order chi connectivity index (χ0) is 33.5. The van der Waals surface area contributed by atoms with Crippen LogP contribution < -0.4 is 0 Å². The van der Waals surface area contributed by atoms with E-state index in [4.69, 9.17) is 9.40 Å². The first-order valence-electron chi connectivity index (χ1n) is 17.2. The monoisotopic (exact) mass is 668 g/mol. The van der Waals surface area contributed by atoms with Crippen molar-refractivity contribution in [3.8, 4) is 39.3 Å². The molecule has 0 atom stereocenters. The number of aromatic nitrogens is 2. The average Bonchev–Trinajstić information content (AvgIpc) is 3.88. The van der Waals surface area contributed by atoms with Crippen molar-refractivity contribution in [1.82, 2.24) is 9.55 Å². The summed E-state index contributed by atoms with van der Waals surface area (Å²) < 4.78 is 11.8. The summed E-state index contributed by atoms with van der Waals surface area (Å²) in [5, 5.41) is 7.39. The highest BCUT2D eigenvalue weighted by Crippen LogP contribution is 2.50. The van der Waals surface area contributed by atoms with Crippen molar-refractivity contribution in [2.45, 2.75) is 0 Å². The lowest BCUT2D eigenvalue weighted by Gasteiger charge is -2.12. The molecule has 0 saturated heterocycles. The molecule has 11 aromatic rings. The van der Waals surface area contributed by atoms with E-state index in [9.17, 15) is 0 Å². The molecule has 0 aliphatic carbocycles. The molecule has 11 rings (SSSR count). The predicted octanol–water partition coefficient (Wildman–Crippen LogP) is 13.4. The summed E-state index contributed by atoms with van der Waals surface area (Å²) >= 11 is 1.86. The Hall–Kier alpha value is -6.49. The Kier molecular flexibility index (Phi) is 6.12. The Morgan fingerprint density at radius 3 is 1.80 bits per heavy atom. The van der Waals surface area contributed by atoms with Crippen molar-refractivity contribution < 1.29 is 4.42 Å². The van der Waals surface area contributed by atoms with E-state index in [-0.39, 0.29) is 0 Å². The van der Waals surface area contributed by atoms with Crippen LogP contribution in [0.15, 0.2) is 174 Å². The molecule has 0 spiro atoms. The van der Waals surface area contributed by atoms with Gasteiger partial charge in [-0.2, -0.15) is 0 Å². The molecule has 0 aliphatic heterocycles. The van der Waals surface area contributed by atoms with Gasteiger partial charge in [0.25, 0.3) is 0 Å². The zero-order valence-electron chi connectivity index (χ0n) is 27.4. The highest BCUT2D eigenvalue weighted by molar-refractivity contribution is 7.27. The number of fused-ring (bicyclic) bond motifs is 12. The van der Waals surface area contributed by atoms with Crippen molar-refractivity contribution in [3.05, 3.63) is 170 Å². The van der Waals surface area contributed by atoms with Gasteiger partial charge in [-0.05, 0) is 53.6 Å². The summed E-state index contributed by atoms with van der Waals surface area (Å²) in [5.41, 5.74) is 11.6. The minimum Gasteiger partial charge on any atom is -0.454 e. The summed E-state index contributed by atoms with van der Waals surface area (Å²) in [7, 11) is 0. The molecule has 0 aliphatic rings. The molecule has 4 heteroatoms. The lowest BCUT2D eigenvalue weighted by molar-refractivity contribution is 0.671. The van der Waals surface area contributed by atoms with Crippen molar-refractivity contribution in [2.75, 3.05) is 0 Å². The van der Waals surface area contributed by atoms with Crippen LogP contribution in [0.4, 0.5) is 0 Å². The molecule has 3 nitrogen and oxygen atoms in total. The molecule has 0 amide bonds. The van der Waals surface area contributed by atoms with E-state index in [2.05, 4.69) is 162 Å². The number of benzene rings is 7. The first kappa shape index (κ1) is 28.4. The van der Waals surface area contributed by atoms with Crippen LogP contribution in [0.3, 0.4) is 0 Å². The van der Waals surface area contributed by atoms with Crippen LogP contribution in [0.2, 0.25) is 0 Å². The number of rotatable bonds is 4. The largest absolute Gasteiger partial charge is 0.454 e. The number of hydrogen-bond donors (Lipinski definition) is 0. The molecule has 4 heterocycles. The molecule has 0 fully saturated rings. The van der Waals surface area contributed by atoms with Crippen molar-refractivity contribution >= 4 is 75.3 Å². The van der Waals surface area contributed by atoms with Crippen LogP contribution in [0.1, 0.15) is 0 Å². The van der Waals surface area contributed by atoms with Gasteiger partial charge in [-0.1, -0.05) is 127 Å². The minimum atomic E-state index is 0.909. The third-order valence-corrected chi connectivity index (χ3v) is 11.4. The number of hydrogen-bond acceptors (Lipinski definition) is 3. The molecule has 0 N–H and O–H groups in total. The highest BCUT2D eigenvalue weighted by Gasteiger charge is 2.25. The van der Waals surface area contributed by atoms with Crippen LogP contribution in [0, 0.1) is 0 Å². The quantitative estimate of drug-likeness (QED) is 0.187. The lowest BCUT2D eigenvalue weighted by Crippen LogP contribution is -1.95. The average molecular weight is 669 g/mol. The third kappa shape index (κ3) is 4.27. The summed E-state index contributed by atoms with van der Waals surface area (Å²) in [4.78, 5) is 5.10. The van der Waals surface area contributed by atoms with Gasteiger partial charge >= 0.3 is 0 Å². The molecule has 0 bridgehead atoms. The maximum atomic E-state index is 6.84. The van der Waals surface area contributed by atoms with E-state index in [1.807, 2.05) is 23.5 Å². The maximum Gasteiger partial charge on any atom is 0.161 e. The van der Waals surface area contributed by atoms with E-state index >= 15 is 0 Å². The van der Waals surface area contributed by atoms with Gasteiger partial charge in [0.2, 0.25) is 0 Å². The number of pyridine rings is 1. The smallest absolute Gasteiger partial charge is 0.161 e. The Balaban J connectivity index is 1.18. The normalized spacial score (nSPS) is 11.9. The van der Waals surface area contributed by atoms with Crippen LogP contribution in [0.25, 0.3) is 103 Å². The Labute approximate surface area is 297 Å².